The van der Waals surface area contributed by atoms with E-state index in [-0.39, 0.29) is 29.0 Å². The van der Waals surface area contributed by atoms with Gasteiger partial charge >= 0.3 is 0 Å². The van der Waals surface area contributed by atoms with Crippen LogP contribution in [0.5, 0.6) is 11.5 Å². The van der Waals surface area contributed by atoms with Crippen LogP contribution in [0.2, 0.25) is 0 Å². The Morgan fingerprint density at radius 2 is 2.15 bits per heavy atom. The van der Waals surface area contributed by atoms with Gasteiger partial charge in [-0.25, -0.2) is 0 Å². The number of nitrogens with zero attached hydrogens (tertiary/aromatic N) is 2. The topological polar surface area (TPSA) is 87.4 Å². The number of amides is 1. The Balaban J connectivity index is 2.00. The lowest BCUT2D eigenvalue weighted by atomic mass is 10.1. The zero-order chi connectivity index (χ0) is 14.7. The number of hydrogen-bond acceptors (Lipinski definition) is 4. The molecule has 1 aromatic carbocycles. The van der Waals surface area contributed by atoms with Crippen molar-refractivity contribution in [2.45, 2.75) is 20.4 Å². The lowest BCUT2D eigenvalue weighted by Crippen LogP contribution is -2.24. The van der Waals surface area contributed by atoms with Crippen LogP contribution in [0.1, 0.15) is 12.6 Å². The van der Waals surface area contributed by atoms with Crippen molar-refractivity contribution >= 4 is 11.6 Å². The molecule has 0 aliphatic rings. The zero-order valence-electron chi connectivity index (χ0n) is 11.4. The number of aromatic hydroxyl groups is 2. The van der Waals surface area contributed by atoms with E-state index in [1.165, 1.54) is 18.2 Å². The molecular weight excluding hydrogens is 258 g/mol. The second-order valence-electron chi connectivity index (χ2n) is 4.77. The summed E-state index contributed by atoms with van der Waals surface area (Å²) < 4.78 is 1.70. The Morgan fingerprint density at radius 1 is 1.40 bits per heavy atom. The molecule has 2 aromatic rings. The highest BCUT2D eigenvalue weighted by molar-refractivity contribution is 5.93. The fourth-order valence-electron chi connectivity index (χ4n) is 1.81. The van der Waals surface area contributed by atoms with Gasteiger partial charge in [0, 0.05) is 12.3 Å². The van der Waals surface area contributed by atoms with Crippen molar-refractivity contribution in [3.8, 4) is 11.5 Å². The standard InChI is InChI=1S/C14H17N3O3/c1-9(8-17-6-5-10(2)16-17)14(20)15-12-4-3-11(18)7-13(12)19/h3-7,9,18-19H,8H2,1-2H3,(H,15,20). The Labute approximate surface area is 116 Å². The summed E-state index contributed by atoms with van der Waals surface area (Å²) in [4.78, 5) is 12.0. The average molecular weight is 275 g/mol. The van der Waals surface area contributed by atoms with Crippen LogP contribution in [-0.2, 0) is 11.3 Å². The molecule has 6 nitrogen and oxygen atoms in total. The molecule has 2 rings (SSSR count). The van der Waals surface area contributed by atoms with Crippen molar-refractivity contribution in [1.82, 2.24) is 9.78 Å². The summed E-state index contributed by atoms with van der Waals surface area (Å²) in [5.41, 5.74) is 1.17. The van der Waals surface area contributed by atoms with Crippen LogP contribution in [0.25, 0.3) is 0 Å². The molecule has 0 saturated carbocycles. The van der Waals surface area contributed by atoms with Crippen molar-refractivity contribution in [2.75, 3.05) is 5.32 Å². The Kier molecular flexibility index (Phi) is 3.93. The molecule has 106 valence electrons. The summed E-state index contributed by atoms with van der Waals surface area (Å²) in [6.45, 7) is 4.12. The number of anilines is 1. The van der Waals surface area contributed by atoms with Crippen LogP contribution in [0.15, 0.2) is 30.5 Å². The van der Waals surface area contributed by atoms with Gasteiger partial charge in [-0.05, 0) is 25.1 Å². The molecule has 0 aliphatic carbocycles. The number of nitrogens with one attached hydrogen (secondary N) is 1. The van der Waals surface area contributed by atoms with Crippen molar-refractivity contribution in [3.63, 3.8) is 0 Å². The summed E-state index contributed by atoms with van der Waals surface area (Å²) in [5, 5.41) is 25.7. The van der Waals surface area contributed by atoms with Gasteiger partial charge < -0.3 is 15.5 Å². The van der Waals surface area contributed by atoms with Gasteiger partial charge in [-0.1, -0.05) is 6.92 Å². The Hall–Kier alpha value is -2.50. The lowest BCUT2D eigenvalue weighted by Gasteiger charge is -2.13. The van der Waals surface area contributed by atoms with Gasteiger partial charge in [-0.15, -0.1) is 0 Å². The highest BCUT2D eigenvalue weighted by atomic mass is 16.3. The van der Waals surface area contributed by atoms with E-state index in [2.05, 4.69) is 10.4 Å². The Morgan fingerprint density at radius 3 is 2.75 bits per heavy atom. The molecule has 0 fully saturated rings. The van der Waals surface area contributed by atoms with Gasteiger partial charge in [0.05, 0.1) is 23.8 Å². The van der Waals surface area contributed by atoms with Gasteiger partial charge in [-0.3, -0.25) is 9.48 Å². The summed E-state index contributed by atoms with van der Waals surface area (Å²) in [7, 11) is 0. The fraction of sp³-hybridized carbons (Fsp3) is 0.286. The number of benzene rings is 1. The third kappa shape index (κ3) is 3.28. The van der Waals surface area contributed by atoms with Crippen molar-refractivity contribution in [3.05, 3.63) is 36.2 Å². The largest absolute Gasteiger partial charge is 0.508 e. The number of aryl methyl sites for hydroxylation is 1. The van der Waals surface area contributed by atoms with E-state index in [4.69, 9.17) is 0 Å². The van der Waals surface area contributed by atoms with E-state index in [1.807, 2.05) is 19.2 Å². The van der Waals surface area contributed by atoms with E-state index < -0.39 is 0 Å². The van der Waals surface area contributed by atoms with Crippen LogP contribution < -0.4 is 5.32 Å². The van der Waals surface area contributed by atoms with E-state index in [9.17, 15) is 15.0 Å². The summed E-state index contributed by atoms with van der Waals surface area (Å²) in [6, 6.07) is 5.90. The molecular formula is C14H17N3O3. The minimum Gasteiger partial charge on any atom is -0.508 e. The molecule has 1 amide bonds. The van der Waals surface area contributed by atoms with Gasteiger partial charge in [0.1, 0.15) is 11.5 Å². The monoisotopic (exact) mass is 275 g/mol. The Bertz CT molecular complexity index is 622. The molecule has 0 radical (unpaired) electrons. The molecule has 0 aliphatic heterocycles. The van der Waals surface area contributed by atoms with Crippen LogP contribution in [0.3, 0.4) is 0 Å². The van der Waals surface area contributed by atoms with E-state index in [0.29, 0.717) is 6.54 Å². The highest BCUT2D eigenvalue weighted by Crippen LogP contribution is 2.27. The van der Waals surface area contributed by atoms with Crippen LogP contribution >= 0.6 is 0 Å². The van der Waals surface area contributed by atoms with Crippen LogP contribution in [-0.4, -0.2) is 25.9 Å². The minimum absolute atomic E-state index is 0.0550. The first-order valence-electron chi connectivity index (χ1n) is 6.28. The first kappa shape index (κ1) is 13.9. The quantitative estimate of drug-likeness (QED) is 0.587. The SMILES string of the molecule is Cc1ccn(CC(C)C(=O)Nc2ccc(O)cc2O)n1. The molecule has 0 spiro atoms. The van der Waals surface area contributed by atoms with Gasteiger partial charge in [0.25, 0.3) is 0 Å². The number of aromatic nitrogens is 2. The third-order valence-electron chi connectivity index (χ3n) is 2.92. The predicted octanol–water partition coefficient (Wildman–Crippen LogP) is 1.88. The molecule has 6 heteroatoms. The van der Waals surface area contributed by atoms with E-state index in [0.717, 1.165) is 5.69 Å². The predicted molar refractivity (Wildman–Crippen MR) is 74.5 cm³/mol. The number of carbonyl (C=O) groups is 1. The maximum Gasteiger partial charge on any atom is 0.229 e. The van der Waals surface area contributed by atoms with Crippen molar-refractivity contribution in [2.24, 2.45) is 5.92 Å². The second-order valence-corrected chi connectivity index (χ2v) is 4.77. The van der Waals surface area contributed by atoms with Crippen LogP contribution in [0, 0.1) is 12.8 Å². The smallest absolute Gasteiger partial charge is 0.229 e. The molecule has 1 heterocycles. The zero-order valence-corrected chi connectivity index (χ0v) is 11.4. The number of phenols is 2. The number of rotatable bonds is 4. The molecule has 0 saturated heterocycles. The van der Waals surface area contributed by atoms with Crippen molar-refractivity contribution < 1.29 is 15.0 Å². The van der Waals surface area contributed by atoms with Gasteiger partial charge in [0.15, 0.2) is 0 Å². The van der Waals surface area contributed by atoms with E-state index in [1.54, 1.807) is 11.6 Å². The average Bonchev–Trinajstić information content (AvgIpc) is 2.78. The summed E-state index contributed by atoms with van der Waals surface area (Å²) in [6.07, 6.45) is 1.82. The van der Waals surface area contributed by atoms with Crippen LogP contribution in [0.4, 0.5) is 5.69 Å². The molecule has 1 aromatic heterocycles. The third-order valence-corrected chi connectivity index (χ3v) is 2.92. The lowest BCUT2D eigenvalue weighted by molar-refractivity contribution is -0.119. The number of carbonyl (C=O) groups excluding carboxylic acids is 1. The van der Waals surface area contributed by atoms with Crippen molar-refractivity contribution in [1.29, 1.82) is 0 Å². The minimum atomic E-state index is -0.303. The van der Waals surface area contributed by atoms with Gasteiger partial charge in [-0.2, -0.15) is 5.10 Å². The first-order valence-corrected chi connectivity index (χ1v) is 6.28. The highest BCUT2D eigenvalue weighted by Gasteiger charge is 2.15. The maximum atomic E-state index is 12.0. The number of phenolic OH excluding ortho intramolecular Hbond substituents is 2. The van der Waals surface area contributed by atoms with Gasteiger partial charge in [0.2, 0.25) is 5.91 Å². The first-order chi connectivity index (χ1) is 9.45. The number of hydrogen-bond donors (Lipinski definition) is 3. The fourth-order valence-corrected chi connectivity index (χ4v) is 1.81. The summed E-state index contributed by atoms with van der Waals surface area (Å²) >= 11 is 0. The molecule has 0 bridgehead atoms. The second kappa shape index (κ2) is 5.64. The maximum absolute atomic E-state index is 12.0. The molecule has 20 heavy (non-hydrogen) atoms. The summed E-state index contributed by atoms with van der Waals surface area (Å²) in [5.74, 6) is -0.748. The molecule has 1 atom stereocenters. The molecule has 3 N–H and O–H groups in total. The van der Waals surface area contributed by atoms with E-state index >= 15 is 0 Å². The molecule has 1 unspecified atom stereocenters. The normalized spacial score (nSPS) is 12.1.